The Hall–Kier alpha value is -3.08. The Morgan fingerprint density at radius 1 is 1.10 bits per heavy atom. The Morgan fingerprint density at radius 2 is 1.83 bits per heavy atom. The lowest BCUT2D eigenvalue weighted by atomic mass is 10.2. The van der Waals surface area contributed by atoms with Gasteiger partial charge in [-0.25, -0.2) is 13.4 Å². The normalized spacial score (nSPS) is 16.1. The number of hydrogen-bond acceptors (Lipinski definition) is 8. The topological polar surface area (TPSA) is 143 Å². The maximum atomic E-state index is 12.4. The minimum Gasteiger partial charge on any atom is -0.354 e. The third kappa shape index (κ3) is 4.40. The third-order valence-corrected chi connectivity index (χ3v) is 6.12. The molecule has 2 amide bonds. The Labute approximate surface area is 173 Å². The van der Waals surface area contributed by atoms with Gasteiger partial charge in [0.1, 0.15) is 10.7 Å². The van der Waals surface area contributed by atoms with Crippen LogP contribution < -0.4 is 16.0 Å². The summed E-state index contributed by atoms with van der Waals surface area (Å²) in [6.45, 7) is 0. The molecule has 11 heteroatoms. The molecule has 3 N–H and O–H groups in total. The summed E-state index contributed by atoms with van der Waals surface area (Å²) >= 11 is 0. The monoisotopic (exact) mass is 430 g/mol. The van der Waals surface area contributed by atoms with E-state index in [-0.39, 0.29) is 39.7 Å². The quantitative estimate of drug-likeness (QED) is 0.601. The molecule has 158 valence electrons. The van der Waals surface area contributed by atoms with Crippen LogP contribution in [0.4, 0.5) is 17.3 Å². The Balaban J connectivity index is 1.71. The number of carbonyl (C=O) groups is 2. The summed E-state index contributed by atoms with van der Waals surface area (Å²) in [5, 5.41) is 15.8. The number of sulfone groups is 1. The summed E-state index contributed by atoms with van der Waals surface area (Å²) < 4.78 is 24.7. The van der Waals surface area contributed by atoms with Crippen molar-refractivity contribution in [3.8, 4) is 0 Å². The highest BCUT2D eigenvalue weighted by Crippen LogP contribution is 2.41. The van der Waals surface area contributed by atoms with E-state index in [0.29, 0.717) is 5.92 Å². The van der Waals surface area contributed by atoms with E-state index < -0.39 is 15.7 Å². The summed E-state index contributed by atoms with van der Waals surface area (Å²) in [4.78, 5) is 28.6. The van der Waals surface area contributed by atoms with Crippen LogP contribution in [0.2, 0.25) is 0 Å². The van der Waals surface area contributed by atoms with E-state index in [2.05, 4.69) is 31.1 Å². The minimum atomic E-state index is -3.58. The van der Waals surface area contributed by atoms with Crippen LogP contribution in [0.1, 0.15) is 47.7 Å². The van der Waals surface area contributed by atoms with Crippen molar-refractivity contribution in [2.24, 2.45) is 5.92 Å². The molecule has 2 aromatic rings. The second-order valence-corrected chi connectivity index (χ2v) is 9.61. The Morgan fingerprint density at radius 3 is 2.43 bits per heavy atom. The van der Waals surface area contributed by atoms with Crippen LogP contribution in [-0.2, 0) is 14.6 Å². The molecule has 0 spiro atoms. The van der Waals surface area contributed by atoms with Crippen LogP contribution >= 0.6 is 0 Å². The summed E-state index contributed by atoms with van der Waals surface area (Å²) in [7, 11) is -2.14. The van der Waals surface area contributed by atoms with Gasteiger partial charge in [0.2, 0.25) is 5.91 Å². The van der Waals surface area contributed by atoms with Crippen LogP contribution in [0.15, 0.2) is 23.2 Å². The predicted octanol–water partition coefficient (Wildman–Crippen LogP) is 1.60. The Bertz CT molecular complexity index is 1130. The highest BCUT2D eigenvalue weighted by Gasteiger charge is 2.30. The molecule has 0 aliphatic heterocycles. The molecule has 0 unspecified atom stereocenters. The fourth-order valence-electron chi connectivity index (χ4n) is 3.01. The lowest BCUT2D eigenvalue weighted by Gasteiger charge is -2.14. The van der Waals surface area contributed by atoms with Crippen LogP contribution in [0.3, 0.4) is 0 Å². The van der Waals surface area contributed by atoms with Crippen LogP contribution in [-0.4, -0.2) is 48.7 Å². The molecule has 0 aromatic carbocycles. The number of rotatable bonds is 7. The zero-order valence-electron chi connectivity index (χ0n) is 16.6. The van der Waals surface area contributed by atoms with Gasteiger partial charge >= 0.3 is 0 Å². The van der Waals surface area contributed by atoms with Crippen molar-refractivity contribution in [1.82, 2.24) is 20.5 Å². The Kier molecular flexibility index (Phi) is 5.14. The largest absolute Gasteiger partial charge is 0.354 e. The molecule has 0 atom stereocenters. The molecule has 4 rings (SSSR count). The van der Waals surface area contributed by atoms with Gasteiger partial charge in [-0.1, -0.05) is 0 Å². The molecule has 0 bridgehead atoms. The van der Waals surface area contributed by atoms with Crippen molar-refractivity contribution in [2.75, 3.05) is 23.9 Å². The molecule has 2 saturated carbocycles. The maximum absolute atomic E-state index is 12.4. The molecule has 2 aliphatic rings. The molecule has 0 radical (unpaired) electrons. The van der Waals surface area contributed by atoms with E-state index in [9.17, 15) is 18.0 Å². The van der Waals surface area contributed by atoms with Crippen molar-refractivity contribution in [2.45, 2.75) is 36.5 Å². The second-order valence-electron chi connectivity index (χ2n) is 7.62. The van der Waals surface area contributed by atoms with Gasteiger partial charge in [-0.2, -0.15) is 0 Å². The van der Waals surface area contributed by atoms with Crippen LogP contribution in [0.5, 0.6) is 0 Å². The number of hydrogen-bond donors (Lipinski definition) is 3. The zero-order chi connectivity index (χ0) is 21.5. The first kappa shape index (κ1) is 20.2. The fraction of sp³-hybridized carbons (Fsp3) is 0.421. The molecule has 2 aromatic heterocycles. The predicted molar refractivity (Wildman–Crippen MR) is 109 cm³/mol. The van der Waals surface area contributed by atoms with E-state index in [0.717, 1.165) is 37.5 Å². The van der Waals surface area contributed by atoms with Gasteiger partial charge in [0, 0.05) is 31.5 Å². The molecule has 2 heterocycles. The number of aromatic nitrogens is 3. The van der Waals surface area contributed by atoms with Gasteiger partial charge in [0.15, 0.2) is 21.3 Å². The van der Waals surface area contributed by atoms with Crippen molar-refractivity contribution < 1.29 is 18.0 Å². The molecule has 30 heavy (non-hydrogen) atoms. The lowest BCUT2D eigenvalue weighted by Crippen LogP contribution is -2.23. The van der Waals surface area contributed by atoms with E-state index >= 15 is 0 Å². The van der Waals surface area contributed by atoms with E-state index in [1.165, 1.54) is 13.1 Å². The van der Waals surface area contributed by atoms with Crippen molar-refractivity contribution in [1.29, 1.82) is 0 Å². The first-order chi connectivity index (χ1) is 14.3. The number of pyridine rings is 1. The average molecular weight is 430 g/mol. The number of nitrogens with one attached hydrogen (secondary N) is 3. The lowest BCUT2D eigenvalue weighted by molar-refractivity contribution is -0.117. The van der Waals surface area contributed by atoms with Gasteiger partial charge in [-0.05, 0) is 43.2 Å². The third-order valence-electron chi connectivity index (χ3n) is 5.01. The highest BCUT2D eigenvalue weighted by atomic mass is 32.2. The van der Waals surface area contributed by atoms with Gasteiger partial charge < -0.3 is 16.0 Å². The molecule has 10 nitrogen and oxygen atoms in total. The zero-order valence-corrected chi connectivity index (χ0v) is 17.4. The average Bonchev–Trinajstić information content (AvgIpc) is 3.59. The minimum absolute atomic E-state index is 0.0321. The van der Waals surface area contributed by atoms with Gasteiger partial charge in [-0.15, -0.1) is 10.2 Å². The summed E-state index contributed by atoms with van der Waals surface area (Å²) in [5.41, 5.74) is 1.01. The van der Waals surface area contributed by atoms with Gasteiger partial charge in [0.05, 0.1) is 5.69 Å². The maximum Gasteiger partial charge on any atom is 0.273 e. The number of anilines is 3. The summed E-state index contributed by atoms with van der Waals surface area (Å²) in [6, 6.07) is 3.06. The van der Waals surface area contributed by atoms with Gasteiger partial charge in [-0.3, -0.25) is 9.59 Å². The second kappa shape index (κ2) is 7.63. The van der Waals surface area contributed by atoms with Gasteiger partial charge in [0.25, 0.3) is 5.91 Å². The number of carbonyl (C=O) groups excluding carboxylic acids is 2. The molecule has 2 fully saturated rings. The van der Waals surface area contributed by atoms with E-state index in [1.54, 1.807) is 12.3 Å². The van der Waals surface area contributed by atoms with Crippen molar-refractivity contribution in [3.05, 3.63) is 29.6 Å². The molecule has 0 saturated heterocycles. The van der Waals surface area contributed by atoms with E-state index in [1.807, 2.05) is 0 Å². The smallest absolute Gasteiger partial charge is 0.273 e. The highest BCUT2D eigenvalue weighted by molar-refractivity contribution is 7.90. The van der Waals surface area contributed by atoms with E-state index in [4.69, 9.17) is 0 Å². The molecular formula is C19H22N6O4S. The number of amides is 2. The molecule has 2 aliphatic carbocycles. The standard InChI is InChI=1S/C19H22N6O4S/c1-20-19(27)16-13(8-15(24-25-16)23-18(26)11-5-6-11)22-17-14(30(2,28)29)7-12(9-21-17)10-3-4-10/h7-11H,3-6H2,1-2H3,(H,20,27)(H2,21,22,23,24,26). The first-order valence-electron chi connectivity index (χ1n) is 9.64. The van der Waals surface area contributed by atoms with Crippen LogP contribution in [0, 0.1) is 5.92 Å². The fourth-order valence-corrected chi connectivity index (χ4v) is 3.82. The number of nitrogens with zero attached hydrogens (tertiary/aromatic N) is 3. The summed E-state index contributed by atoms with van der Waals surface area (Å²) in [6.07, 6.45) is 6.43. The van der Waals surface area contributed by atoms with Crippen molar-refractivity contribution >= 4 is 39.0 Å². The molecular weight excluding hydrogens is 408 g/mol. The SMILES string of the molecule is CNC(=O)c1nnc(NC(=O)C2CC2)cc1Nc1ncc(C2CC2)cc1S(C)(=O)=O. The van der Waals surface area contributed by atoms with Crippen LogP contribution in [0.25, 0.3) is 0 Å². The first-order valence-corrected chi connectivity index (χ1v) is 11.5. The van der Waals surface area contributed by atoms with Crippen molar-refractivity contribution in [3.63, 3.8) is 0 Å². The summed E-state index contributed by atoms with van der Waals surface area (Å²) in [5.74, 6) is -0.125.